The monoisotopic (exact) mass is 359 g/mol. The number of esters is 1. The molecular formula is C14H25N3O6Si. The summed E-state index contributed by atoms with van der Waals surface area (Å²) in [6.45, 7) is 4.00. The minimum Gasteiger partial charge on any atom is -0.499 e. The van der Waals surface area contributed by atoms with E-state index in [0.29, 0.717) is 12.6 Å². The molecule has 0 aromatic rings. The predicted octanol–water partition coefficient (Wildman–Crippen LogP) is 1.78. The summed E-state index contributed by atoms with van der Waals surface area (Å²) in [5.74, 6) is -1.75. The number of aliphatic hydroxyl groups excluding tert-OH is 3. The number of ether oxygens (including phenoxy) is 2. The molecule has 0 fully saturated rings. The first kappa shape index (κ1) is 20.3. The van der Waals surface area contributed by atoms with Crippen LogP contribution < -0.4 is 0 Å². The Morgan fingerprint density at radius 1 is 1.42 bits per heavy atom. The second kappa shape index (κ2) is 9.53. The van der Waals surface area contributed by atoms with Crippen LogP contribution in [0.1, 0.15) is 19.3 Å². The van der Waals surface area contributed by atoms with Crippen LogP contribution in [0.5, 0.6) is 0 Å². The number of hydrogen-bond acceptors (Lipinski definition) is 7. The van der Waals surface area contributed by atoms with Crippen molar-refractivity contribution in [2.24, 2.45) is 5.11 Å². The Balaban J connectivity index is 2.34. The largest absolute Gasteiger partial charge is 0.499 e. The molecule has 0 aromatic carbocycles. The molecule has 3 N–H and O–H groups in total. The first-order valence-corrected chi connectivity index (χ1v) is 11.3. The molecule has 0 aliphatic carbocycles. The Bertz CT molecular complexity index is 519. The van der Waals surface area contributed by atoms with Gasteiger partial charge in [-0.3, -0.25) is 0 Å². The zero-order chi connectivity index (χ0) is 18.2. The van der Waals surface area contributed by atoms with Crippen molar-refractivity contribution in [1.29, 1.82) is 0 Å². The first-order valence-electron chi connectivity index (χ1n) is 7.89. The summed E-state index contributed by atoms with van der Waals surface area (Å²) in [5.41, 5.74) is 8.36. The average molecular weight is 359 g/mol. The van der Waals surface area contributed by atoms with E-state index in [1.54, 1.807) is 0 Å². The van der Waals surface area contributed by atoms with Gasteiger partial charge in [-0.1, -0.05) is 37.1 Å². The van der Waals surface area contributed by atoms with Gasteiger partial charge in [0, 0.05) is 11.1 Å². The third-order valence-corrected chi connectivity index (χ3v) is 6.48. The van der Waals surface area contributed by atoms with Gasteiger partial charge >= 0.3 is 5.97 Å². The van der Waals surface area contributed by atoms with Gasteiger partial charge in [0.25, 0.3) is 0 Å². The van der Waals surface area contributed by atoms with Crippen LogP contribution in [0.4, 0.5) is 0 Å². The quantitative estimate of drug-likeness (QED) is 0.128. The highest BCUT2D eigenvalue weighted by molar-refractivity contribution is 6.77. The lowest BCUT2D eigenvalue weighted by atomic mass is 10.2. The number of cyclic esters (lactones) is 1. The van der Waals surface area contributed by atoms with E-state index in [1.807, 2.05) is 0 Å². The van der Waals surface area contributed by atoms with Crippen LogP contribution in [0.25, 0.3) is 10.4 Å². The van der Waals surface area contributed by atoms with Gasteiger partial charge in [-0.2, -0.15) is 0 Å². The number of azide groups is 1. The van der Waals surface area contributed by atoms with Crippen LogP contribution in [-0.4, -0.2) is 61.0 Å². The van der Waals surface area contributed by atoms with Crippen molar-refractivity contribution in [1.82, 2.24) is 0 Å². The highest BCUT2D eigenvalue weighted by atomic mass is 28.3. The summed E-state index contributed by atoms with van der Waals surface area (Å²) < 4.78 is 10.1. The molecule has 10 heteroatoms. The van der Waals surface area contributed by atoms with Crippen molar-refractivity contribution in [3.8, 4) is 0 Å². The standard InChI is InChI=1S/C14H25N3O6Si/c1-24(2,9-16-17-15)7-5-3-4-6-22-13-11(20)14(21)23-12(13)10(19)8-18/h10,12,18-20H,3-9H2,1-2H3/t10-,12+/m0/s1. The molecule has 1 aliphatic heterocycles. The molecule has 0 radical (unpaired) electrons. The molecule has 0 unspecified atom stereocenters. The van der Waals surface area contributed by atoms with Crippen LogP contribution in [0.3, 0.4) is 0 Å². The molecule has 1 aliphatic rings. The van der Waals surface area contributed by atoms with E-state index in [2.05, 4.69) is 23.1 Å². The van der Waals surface area contributed by atoms with Gasteiger partial charge in [-0.05, 0) is 12.0 Å². The van der Waals surface area contributed by atoms with E-state index in [4.69, 9.17) is 20.1 Å². The van der Waals surface area contributed by atoms with Crippen molar-refractivity contribution in [3.63, 3.8) is 0 Å². The minimum atomic E-state index is -1.50. The highest BCUT2D eigenvalue weighted by Gasteiger charge is 2.40. The molecule has 1 heterocycles. The number of hydrogen-bond donors (Lipinski definition) is 3. The van der Waals surface area contributed by atoms with Crippen molar-refractivity contribution in [2.75, 3.05) is 19.4 Å². The molecule has 0 saturated heterocycles. The van der Waals surface area contributed by atoms with Gasteiger partial charge in [0.2, 0.25) is 5.76 Å². The zero-order valence-electron chi connectivity index (χ0n) is 14.0. The number of rotatable bonds is 11. The van der Waals surface area contributed by atoms with Gasteiger partial charge in [0.05, 0.1) is 21.3 Å². The Kier molecular flexibility index (Phi) is 8.06. The lowest BCUT2D eigenvalue weighted by Gasteiger charge is -2.20. The number of carbonyl (C=O) groups excluding carboxylic acids is 1. The molecule has 0 spiro atoms. The highest BCUT2D eigenvalue weighted by Crippen LogP contribution is 2.25. The van der Waals surface area contributed by atoms with E-state index in [-0.39, 0.29) is 12.4 Å². The smallest absolute Gasteiger partial charge is 0.378 e. The maximum absolute atomic E-state index is 11.3. The molecule has 24 heavy (non-hydrogen) atoms. The number of nitrogens with zero attached hydrogens (tertiary/aromatic N) is 3. The molecule has 0 saturated carbocycles. The fourth-order valence-electron chi connectivity index (χ4n) is 2.33. The fraction of sp³-hybridized carbons (Fsp3) is 0.786. The van der Waals surface area contributed by atoms with Crippen LogP contribution in [0.2, 0.25) is 19.1 Å². The maximum Gasteiger partial charge on any atom is 0.378 e. The van der Waals surface area contributed by atoms with Gasteiger partial charge < -0.3 is 24.8 Å². The minimum absolute atomic E-state index is 0.125. The third-order valence-electron chi connectivity index (χ3n) is 3.77. The van der Waals surface area contributed by atoms with E-state index in [0.717, 1.165) is 18.9 Å². The topological polar surface area (TPSA) is 145 Å². The first-order chi connectivity index (χ1) is 11.3. The van der Waals surface area contributed by atoms with Gasteiger partial charge in [-0.25, -0.2) is 4.79 Å². The normalized spacial score (nSPS) is 19.0. The zero-order valence-corrected chi connectivity index (χ0v) is 15.0. The Morgan fingerprint density at radius 2 is 2.12 bits per heavy atom. The molecule has 136 valence electrons. The number of unbranched alkanes of at least 4 members (excludes halogenated alkanes) is 2. The lowest BCUT2D eigenvalue weighted by molar-refractivity contribution is -0.148. The van der Waals surface area contributed by atoms with Crippen LogP contribution in [0.15, 0.2) is 16.6 Å². The van der Waals surface area contributed by atoms with Crippen LogP contribution >= 0.6 is 0 Å². The second-order valence-electron chi connectivity index (χ2n) is 6.50. The summed E-state index contributed by atoms with van der Waals surface area (Å²) in [4.78, 5) is 14.1. The molecule has 9 nitrogen and oxygen atoms in total. The summed E-state index contributed by atoms with van der Waals surface area (Å²) in [6, 6.07) is 1.04. The van der Waals surface area contributed by atoms with Gasteiger partial charge in [-0.15, -0.1) is 0 Å². The van der Waals surface area contributed by atoms with E-state index in [1.165, 1.54) is 0 Å². The molecule has 0 aromatic heterocycles. The lowest BCUT2D eigenvalue weighted by Crippen LogP contribution is -2.32. The number of carbonyl (C=O) groups is 1. The van der Waals surface area contributed by atoms with E-state index >= 15 is 0 Å². The summed E-state index contributed by atoms with van der Waals surface area (Å²) in [5, 5.41) is 31.8. The molecule has 1 rings (SSSR count). The maximum atomic E-state index is 11.3. The third kappa shape index (κ3) is 6.04. The Labute approximate surface area is 141 Å². The van der Waals surface area contributed by atoms with E-state index in [9.17, 15) is 15.0 Å². The van der Waals surface area contributed by atoms with Gasteiger partial charge in [0.15, 0.2) is 11.9 Å². The second-order valence-corrected chi connectivity index (χ2v) is 11.6. The molecule has 0 amide bonds. The molecule has 0 bridgehead atoms. The summed E-state index contributed by atoms with van der Waals surface area (Å²) in [6.07, 6.45) is 0.661. The number of aliphatic hydroxyl groups is 3. The fourth-order valence-corrected chi connectivity index (χ4v) is 4.14. The average Bonchev–Trinajstić information content (AvgIpc) is 2.83. The van der Waals surface area contributed by atoms with Crippen LogP contribution in [-0.2, 0) is 14.3 Å². The Hall–Kier alpha value is -1.74. The summed E-state index contributed by atoms with van der Waals surface area (Å²) in [7, 11) is -1.50. The Morgan fingerprint density at radius 3 is 2.75 bits per heavy atom. The van der Waals surface area contributed by atoms with Crippen molar-refractivity contribution in [3.05, 3.63) is 22.0 Å². The molecule has 2 atom stereocenters. The van der Waals surface area contributed by atoms with Crippen molar-refractivity contribution < 1.29 is 29.6 Å². The summed E-state index contributed by atoms with van der Waals surface area (Å²) >= 11 is 0. The SMILES string of the molecule is C[Si](C)(CCCCCOC1=C(O)C(=O)O[C@@H]1[C@@H](O)CO)CN=[N+]=[N-]. The van der Waals surface area contributed by atoms with Crippen molar-refractivity contribution in [2.45, 2.75) is 50.6 Å². The molecular weight excluding hydrogens is 334 g/mol. The van der Waals surface area contributed by atoms with Gasteiger partial charge in [0.1, 0.15) is 6.10 Å². The van der Waals surface area contributed by atoms with Crippen molar-refractivity contribution >= 4 is 14.0 Å². The predicted molar refractivity (Wildman–Crippen MR) is 88.7 cm³/mol. The van der Waals surface area contributed by atoms with Crippen LogP contribution in [0, 0.1) is 0 Å². The van der Waals surface area contributed by atoms with E-state index < -0.39 is 38.6 Å².